The van der Waals surface area contributed by atoms with E-state index in [-0.39, 0.29) is 23.6 Å². The molecule has 0 saturated carbocycles. The van der Waals surface area contributed by atoms with Crippen molar-refractivity contribution in [3.63, 3.8) is 0 Å². The molecular weight excluding hydrogens is 264 g/mol. The van der Waals surface area contributed by atoms with E-state index < -0.39 is 5.97 Å². The Labute approximate surface area is 116 Å². The number of hydrogen-bond donors (Lipinski definition) is 2. The fraction of sp³-hybridized carbons (Fsp3) is 0.385. The fourth-order valence-electron chi connectivity index (χ4n) is 1.47. The summed E-state index contributed by atoms with van der Waals surface area (Å²) in [5.74, 6) is -0.690. The molecule has 0 fully saturated rings. The number of thiophene rings is 1. The molecule has 104 valence electrons. The molecule has 3 N–H and O–H groups in total. The third-order valence-electron chi connectivity index (χ3n) is 2.30. The number of hydrogen-bond acceptors (Lipinski definition) is 6. The molecule has 0 atom stereocenters. The van der Waals surface area contributed by atoms with E-state index in [1.807, 2.05) is 6.92 Å². The van der Waals surface area contributed by atoms with Crippen molar-refractivity contribution >= 4 is 33.8 Å². The fourth-order valence-corrected chi connectivity index (χ4v) is 2.47. The maximum Gasteiger partial charge on any atom is 0.343 e. The predicted octanol–water partition coefficient (Wildman–Crippen LogP) is 2.70. The van der Waals surface area contributed by atoms with Gasteiger partial charge in [-0.05, 0) is 13.8 Å². The minimum atomic E-state index is -0.520. The number of carbonyl (C=O) groups is 2. The molecular formula is C13H18N2O3S. The van der Waals surface area contributed by atoms with Crippen molar-refractivity contribution in [1.82, 2.24) is 0 Å². The van der Waals surface area contributed by atoms with Gasteiger partial charge in [-0.1, -0.05) is 12.2 Å². The minimum Gasteiger partial charge on any atom is -0.462 e. The highest BCUT2D eigenvalue weighted by molar-refractivity contribution is 7.19. The molecule has 0 amide bonds. The molecule has 0 bridgehead atoms. The maximum atomic E-state index is 11.9. The second kappa shape index (κ2) is 6.38. The number of ether oxygens (including phenoxy) is 1. The van der Waals surface area contributed by atoms with E-state index in [4.69, 9.17) is 10.5 Å². The molecule has 0 spiro atoms. The lowest BCUT2D eigenvalue weighted by molar-refractivity contribution is 0.0529. The van der Waals surface area contributed by atoms with Gasteiger partial charge in [-0.2, -0.15) is 0 Å². The molecule has 0 saturated heterocycles. The van der Waals surface area contributed by atoms with Gasteiger partial charge >= 0.3 is 5.97 Å². The first-order valence-electron chi connectivity index (χ1n) is 5.87. The van der Waals surface area contributed by atoms with Crippen LogP contribution in [0.15, 0.2) is 12.2 Å². The van der Waals surface area contributed by atoms with E-state index in [0.29, 0.717) is 16.4 Å². The SMILES string of the molecule is C=C(C)CNc1sc(C(C)=O)c(N)c1C(=O)OCC. The highest BCUT2D eigenvalue weighted by atomic mass is 32.1. The summed E-state index contributed by atoms with van der Waals surface area (Å²) < 4.78 is 4.96. The topological polar surface area (TPSA) is 81.4 Å². The highest BCUT2D eigenvalue weighted by Crippen LogP contribution is 2.36. The third-order valence-corrected chi connectivity index (χ3v) is 3.56. The van der Waals surface area contributed by atoms with Gasteiger partial charge in [-0.3, -0.25) is 4.79 Å². The summed E-state index contributed by atoms with van der Waals surface area (Å²) in [6.45, 7) is 9.52. The van der Waals surface area contributed by atoms with Crippen molar-refractivity contribution in [2.75, 3.05) is 24.2 Å². The van der Waals surface area contributed by atoms with Gasteiger partial charge in [-0.25, -0.2) is 4.79 Å². The zero-order valence-electron chi connectivity index (χ0n) is 11.3. The standard InChI is InChI=1S/C13H18N2O3S/c1-5-18-13(17)9-10(14)11(8(4)16)19-12(9)15-6-7(2)3/h15H,2,5-6,14H2,1,3-4H3. The van der Waals surface area contributed by atoms with E-state index in [0.717, 1.165) is 16.9 Å². The van der Waals surface area contributed by atoms with Gasteiger partial charge in [0, 0.05) is 13.5 Å². The number of nitrogens with one attached hydrogen (secondary N) is 1. The molecule has 1 heterocycles. The molecule has 5 nitrogen and oxygen atoms in total. The average molecular weight is 282 g/mol. The van der Waals surface area contributed by atoms with Crippen LogP contribution in [0, 0.1) is 0 Å². The van der Waals surface area contributed by atoms with Gasteiger partial charge < -0.3 is 15.8 Å². The summed E-state index contributed by atoms with van der Waals surface area (Å²) >= 11 is 1.16. The van der Waals surface area contributed by atoms with Crippen molar-refractivity contribution in [2.24, 2.45) is 0 Å². The van der Waals surface area contributed by atoms with Crippen molar-refractivity contribution in [2.45, 2.75) is 20.8 Å². The van der Waals surface area contributed by atoms with Crippen LogP contribution in [0.5, 0.6) is 0 Å². The monoisotopic (exact) mass is 282 g/mol. The maximum absolute atomic E-state index is 11.9. The van der Waals surface area contributed by atoms with Crippen LogP contribution in [0.1, 0.15) is 40.8 Å². The molecule has 1 rings (SSSR count). The lowest BCUT2D eigenvalue weighted by atomic mass is 10.2. The van der Waals surface area contributed by atoms with Crippen molar-refractivity contribution in [3.8, 4) is 0 Å². The molecule has 19 heavy (non-hydrogen) atoms. The van der Waals surface area contributed by atoms with E-state index in [9.17, 15) is 9.59 Å². The van der Waals surface area contributed by atoms with Crippen molar-refractivity contribution in [3.05, 3.63) is 22.6 Å². The Bertz CT molecular complexity index is 520. The number of nitrogen functional groups attached to an aromatic ring is 1. The smallest absolute Gasteiger partial charge is 0.343 e. The summed E-state index contributed by atoms with van der Waals surface area (Å²) in [6.07, 6.45) is 0. The average Bonchev–Trinajstić information content (AvgIpc) is 2.64. The van der Waals surface area contributed by atoms with Crippen LogP contribution >= 0.6 is 11.3 Å². The summed E-state index contributed by atoms with van der Waals surface area (Å²) in [7, 11) is 0. The molecule has 0 unspecified atom stereocenters. The van der Waals surface area contributed by atoms with E-state index in [1.54, 1.807) is 6.92 Å². The minimum absolute atomic E-state index is 0.170. The Morgan fingerprint density at radius 2 is 2.05 bits per heavy atom. The lowest BCUT2D eigenvalue weighted by Gasteiger charge is -2.07. The molecule has 0 aromatic carbocycles. The van der Waals surface area contributed by atoms with Gasteiger partial charge in [0.2, 0.25) is 0 Å². The first-order chi connectivity index (χ1) is 8.88. The summed E-state index contributed by atoms with van der Waals surface area (Å²) in [5, 5.41) is 3.60. The number of esters is 1. The number of nitrogens with two attached hydrogens (primary N) is 1. The Balaban J connectivity index is 3.19. The Morgan fingerprint density at radius 1 is 1.42 bits per heavy atom. The van der Waals surface area contributed by atoms with Gasteiger partial charge in [0.05, 0.1) is 17.2 Å². The number of rotatable bonds is 6. The van der Waals surface area contributed by atoms with Crippen molar-refractivity contribution in [1.29, 1.82) is 0 Å². The first kappa shape index (κ1) is 15.2. The second-order valence-electron chi connectivity index (χ2n) is 4.14. The van der Waals surface area contributed by atoms with Gasteiger partial charge in [-0.15, -0.1) is 11.3 Å². The number of ketones is 1. The highest BCUT2D eigenvalue weighted by Gasteiger charge is 2.24. The van der Waals surface area contributed by atoms with Crippen LogP contribution in [-0.4, -0.2) is 24.9 Å². The van der Waals surface area contributed by atoms with Gasteiger partial charge in [0.1, 0.15) is 10.6 Å². The van der Waals surface area contributed by atoms with Crippen LogP contribution in [0.3, 0.4) is 0 Å². The van der Waals surface area contributed by atoms with Crippen LogP contribution in [0.25, 0.3) is 0 Å². The van der Waals surface area contributed by atoms with E-state index in [2.05, 4.69) is 11.9 Å². The summed E-state index contributed by atoms with van der Waals surface area (Å²) in [4.78, 5) is 23.7. The molecule has 6 heteroatoms. The molecule has 0 aliphatic heterocycles. The molecule has 1 aromatic heterocycles. The van der Waals surface area contributed by atoms with E-state index in [1.165, 1.54) is 6.92 Å². The largest absolute Gasteiger partial charge is 0.462 e. The van der Waals surface area contributed by atoms with Gasteiger partial charge in [0.25, 0.3) is 0 Å². The third kappa shape index (κ3) is 3.57. The van der Waals surface area contributed by atoms with Crippen LogP contribution in [-0.2, 0) is 4.74 Å². The molecule has 0 aliphatic rings. The predicted molar refractivity (Wildman–Crippen MR) is 78.0 cm³/mol. The number of carbonyl (C=O) groups excluding carboxylic acids is 2. The Morgan fingerprint density at radius 3 is 2.53 bits per heavy atom. The number of Topliss-reactive ketones (excluding diaryl/α,β-unsaturated/α-hetero) is 1. The Hall–Kier alpha value is -1.82. The van der Waals surface area contributed by atoms with E-state index >= 15 is 0 Å². The van der Waals surface area contributed by atoms with Gasteiger partial charge in [0.15, 0.2) is 5.78 Å². The summed E-state index contributed by atoms with van der Waals surface area (Å²) in [5.41, 5.74) is 7.19. The quantitative estimate of drug-likeness (QED) is 0.476. The summed E-state index contributed by atoms with van der Waals surface area (Å²) in [6, 6.07) is 0. The number of anilines is 2. The zero-order valence-corrected chi connectivity index (χ0v) is 12.1. The lowest BCUT2D eigenvalue weighted by Crippen LogP contribution is -2.11. The van der Waals surface area contributed by atoms with Crippen LogP contribution < -0.4 is 11.1 Å². The molecule has 0 aliphatic carbocycles. The first-order valence-corrected chi connectivity index (χ1v) is 6.68. The molecule has 0 radical (unpaired) electrons. The molecule has 1 aromatic rings. The zero-order chi connectivity index (χ0) is 14.6. The second-order valence-corrected chi connectivity index (χ2v) is 5.16. The van der Waals surface area contributed by atoms with Crippen molar-refractivity contribution < 1.29 is 14.3 Å². The Kier molecular flexibility index (Phi) is 5.11. The normalized spacial score (nSPS) is 10.1. The van der Waals surface area contributed by atoms with Crippen LogP contribution in [0.2, 0.25) is 0 Å². The van der Waals surface area contributed by atoms with Crippen LogP contribution in [0.4, 0.5) is 10.7 Å².